The third-order valence-corrected chi connectivity index (χ3v) is 8.04. The first-order chi connectivity index (χ1) is 19.7. The van der Waals surface area contributed by atoms with E-state index in [0.717, 1.165) is 28.9 Å². The van der Waals surface area contributed by atoms with Gasteiger partial charge in [0.1, 0.15) is 11.9 Å². The van der Waals surface area contributed by atoms with Crippen LogP contribution < -0.4 is 5.32 Å². The lowest BCUT2D eigenvalue weighted by Gasteiger charge is -2.25. The van der Waals surface area contributed by atoms with E-state index >= 15 is 0 Å². The second kappa shape index (κ2) is 19.5. The number of aliphatic hydroxyl groups excluding tert-OH is 1. The van der Waals surface area contributed by atoms with Gasteiger partial charge in [0, 0.05) is 42.2 Å². The Hall–Kier alpha value is -2.64. The Morgan fingerprint density at radius 3 is 2.43 bits per heavy atom. The number of Topliss-reactive ketones (excluding diaryl/α,β-unsaturated/α-hetero) is 1. The van der Waals surface area contributed by atoms with Crippen LogP contribution in [-0.4, -0.2) is 53.5 Å². The quantitative estimate of drug-likeness (QED) is 0.0828. The molecule has 1 rings (SSSR count). The fraction of sp³-hybridized carbons (Fsp3) is 0.571. The molecule has 0 saturated heterocycles. The van der Waals surface area contributed by atoms with Crippen molar-refractivity contribution < 1.29 is 24.2 Å². The highest BCUT2D eigenvalue weighted by molar-refractivity contribution is 7.98. The van der Waals surface area contributed by atoms with Crippen molar-refractivity contribution in [2.75, 3.05) is 18.6 Å². The highest BCUT2D eigenvalue weighted by Crippen LogP contribution is 2.24. The number of esters is 1. The molecule has 42 heavy (non-hydrogen) atoms. The molecule has 7 heteroatoms. The smallest absolute Gasteiger partial charge is 0.331 e. The summed E-state index contributed by atoms with van der Waals surface area (Å²) in [6, 6.07) is 0. The van der Waals surface area contributed by atoms with Crippen molar-refractivity contribution in [3.63, 3.8) is 0 Å². The molecular weight excluding hydrogens is 546 g/mol. The summed E-state index contributed by atoms with van der Waals surface area (Å²) in [7, 11) is 0. The molecule has 0 aromatic carbocycles. The molecule has 6 nitrogen and oxygen atoms in total. The molecule has 0 aromatic heterocycles. The van der Waals surface area contributed by atoms with Crippen LogP contribution in [0.3, 0.4) is 0 Å². The van der Waals surface area contributed by atoms with E-state index in [1.165, 1.54) is 6.08 Å². The van der Waals surface area contributed by atoms with Crippen LogP contribution in [0, 0.1) is 29.6 Å². The van der Waals surface area contributed by atoms with Gasteiger partial charge >= 0.3 is 5.97 Å². The molecule has 0 spiro atoms. The topological polar surface area (TPSA) is 92.7 Å². The Labute approximate surface area is 258 Å². The Kier molecular flexibility index (Phi) is 17.4. The molecule has 0 bridgehead atoms. The molecule has 1 aliphatic heterocycles. The Morgan fingerprint density at radius 1 is 1.10 bits per heavy atom. The van der Waals surface area contributed by atoms with Crippen molar-refractivity contribution >= 4 is 29.4 Å². The largest absolute Gasteiger partial charge is 0.454 e. The first kappa shape index (κ1) is 37.4. The zero-order valence-corrected chi connectivity index (χ0v) is 27.9. The highest BCUT2D eigenvalue weighted by Gasteiger charge is 2.29. The van der Waals surface area contributed by atoms with Crippen LogP contribution in [0.1, 0.15) is 68.2 Å². The minimum absolute atomic E-state index is 0.00529. The maximum absolute atomic E-state index is 13.1. The summed E-state index contributed by atoms with van der Waals surface area (Å²) in [6.07, 6.45) is 19.5. The average molecular weight is 600 g/mol. The lowest BCUT2D eigenvalue weighted by Crippen LogP contribution is -2.34. The summed E-state index contributed by atoms with van der Waals surface area (Å²) in [6.45, 7) is 16.3. The summed E-state index contributed by atoms with van der Waals surface area (Å²) in [5.74, 6) is -0.0554. The minimum Gasteiger partial charge on any atom is -0.454 e. The van der Waals surface area contributed by atoms with E-state index in [1.54, 1.807) is 24.8 Å². The molecule has 1 amide bonds. The van der Waals surface area contributed by atoms with Gasteiger partial charge in [0.15, 0.2) is 0 Å². The Bertz CT molecular complexity index is 1080. The molecule has 0 saturated carbocycles. The van der Waals surface area contributed by atoms with Crippen molar-refractivity contribution in [2.24, 2.45) is 29.6 Å². The molecule has 0 aromatic rings. The summed E-state index contributed by atoms with van der Waals surface area (Å²) in [4.78, 5) is 36.6. The first-order valence-corrected chi connectivity index (χ1v) is 16.4. The van der Waals surface area contributed by atoms with Crippen LogP contribution in [0.2, 0.25) is 0 Å². The van der Waals surface area contributed by atoms with Gasteiger partial charge in [0.25, 0.3) is 0 Å². The van der Waals surface area contributed by atoms with E-state index in [4.69, 9.17) is 4.74 Å². The molecule has 1 heterocycles. The monoisotopic (exact) mass is 599 g/mol. The lowest BCUT2D eigenvalue weighted by atomic mass is 9.83. The standard InChI is InChI=1S/C35H53NO5S/c1-23(19-25(3)13-15-31-27(5)14-16-33(38)41-31)11-10-12-24(2)20-28(6)34(39)30(8)35(40)29(7)21-26(4)22-32(37)36-17-18-42-9/h10,12-16,19-20,22-23,27-31,35,40H,11,17-18,21H2,1-9H3,(H,36,37)/b12-10+,15-13+,24-20+,25-19-,26-22+/t23?,27-,28?,29?,30?,31-,35+/m0/s1. The number of thioether (sulfide) groups is 1. The van der Waals surface area contributed by atoms with Gasteiger partial charge in [-0.15, -0.1) is 0 Å². The fourth-order valence-electron chi connectivity index (χ4n) is 4.97. The van der Waals surface area contributed by atoms with Crippen molar-refractivity contribution in [1.82, 2.24) is 5.32 Å². The van der Waals surface area contributed by atoms with Gasteiger partial charge in [-0.1, -0.05) is 87.8 Å². The number of ketones is 1. The van der Waals surface area contributed by atoms with E-state index in [2.05, 4.69) is 24.4 Å². The number of amides is 1. The van der Waals surface area contributed by atoms with E-state index in [-0.39, 0.29) is 41.5 Å². The van der Waals surface area contributed by atoms with Crippen molar-refractivity contribution in [2.45, 2.75) is 80.4 Å². The lowest BCUT2D eigenvalue weighted by molar-refractivity contribution is -0.143. The van der Waals surface area contributed by atoms with Crippen LogP contribution in [0.25, 0.3) is 0 Å². The third-order valence-electron chi connectivity index (χ3n) is 7.42. The second-order valence-electron chi connectivity index (χ2n) is 11.8. The van der Waals surface area contributed by atoms with Crippen LogP contribution in [0.5, 0.6) is 0 Å². The highest BCUT2D eigenvalue weighted by atomic mass is 32.2. The Balaban J connectivity index is 2.61. The molecule has 1 aliphatic rings. The first-order valence-electron chi connectivity index (χ1n) is 15.0. The van der Waals surface area contributed by atoms with Crippen molar-refractivity contribution in [1.29, 1.82) is 0 Å². The van der Waals surface area contributed by atoms with Gasteiger partial charge < -0.3 is 15.2 Å². The maximum Gasteiger partial charge on any atom is 0.331 e. The second-order valence-corrected chi connectivity index (χ2v) is 12.8. The van der Waals surface area contributed by atoms with Crippen LogP contribution in [0.15, 0.2) is 71.4 Å². The fourth-order valence-corrected chi connectivity index (χ4v) is 5.28. The molecule has 0 fully saturated rings. The average Bonchev–Trinajstić information content (AvgIpc) is 2.92. The van der Waals surface area contributed by atoms with Gasteiger partial charge in [-0.2, -0.15) is 11.8 Å². The van der Waals surface area contributed by atoms with E-state index < -0.39 is 12.0 Å². The predicted molar refractivity (Wildman–Crippen MR) is 176 cm³/mol. The van der Waals surface area contributed by atoms with Gasteiger partial charge in [-0.25, -0.2) is 4.79 Å². The van der Waals surface area contributed by atoms with E-state index in [0.29, 0.717) is 18.9 Å². The maximum atomic E-state index is 13.1. The van der Waals surface area contributed by atoms with Crippen LogP contribution in [-0.2, 0) is 19.1 Å². The van der Waals surface area contributed by atoms with Crippen LogP contribution >= 0.6 is 11.8 Å². The number of allylic oxidation sites excluding steroid dienone is 8. The zero-order chi connectivity index (χ0) is 31.8. The van der Waals surface area contributed by atoms with Gasteiger partial charge in [-0.05, 0) is 57.8 Å². The van der Waals surface area contributed by atoms with Gasteiger partial charge in [-0.3, -0.25) is 9.59 Å². The number of rotatable bonds is 17. The number of cyclic esters (lactones) is 1. The summed E-state index contributed by atoms with van der Waals surface area (Å²) >= 11 is 1.68. The van der Waals surface area contributed by atoms with Crippen LogP contribution in [0.4, 0.5) is 0 Å². The summed E-state index contributed by atoms with van der Waals surface area (Å²) in [5, 5.41) is 13.7. The normalized spacial score (nSPS) is 22.1. The number of hydrogen-bond donors (Lipinski definition) is 2. The van der Waals surface area contributed by atoms with Crippen molar-refractivity contribution in [3.8, 4) is 0 Å². The molecule has 0 radical (unpaired) electrons. The number of carbonyl (C=O) groups is 3. The molecule has 2 N–H and O–H groups in total. The van der Waals surface area contributed by atoms with Crippen molar-refractivity contribution in [3.05, 3.63) is 71.4 Å². The number of ether oxygens (including phenoxy) is 1. The summed E-state index contributed by atoms with van der Waals surface area (Å²) in [5.41, 5.74) is 3.00. The molecule has 0 aliphatic carbocycles. The number of hydrogen-bond acceptors (Lipinski definition) is 6. The number of carbonyl (C=O) groups excluding carboxylic acids is 3. The van der Waals surface area contributed by atoms with E-state index in [9.17, 15) is 19.5 Å². The number of nitrogens with one attached hydrogen (secondary N) is 1. The Morgan fingerprint density at radius 2 is 1.76 bits per heavy atom. The number of aliphatic hydroxyl groups is 1. The molecule has 4 unspecified atom stereocenters. The van der Waals surface area contributed by atoms with Gasteiger partial charge in [0.05, 0.1) is 6.10 Å². The molecular formula is C35H53NO5S. The zero-order valence-electron chi connectivity index (χ0n) is 27.1. The third kappa shape index (κ3) is 14.5. The van der Waals surface area contributed by atoms with E-state index in [1.807, 2.05) is 78.2 Å². The SMILES string of the molecule is CSCCNC(=O)/C=C(\C)CC(C)[C@@H](O)C(C)C(=O)C(C)/C=C(C)/C=C/CC(C)/C=C(C)\C=C\[C@@H]1OC(=O)C=C[C@@H]1C. The minimum atomic E-state index is -0.790. The van der Waals surface area contributed by atoms with Gasteiger partial charge in [0.2, 0.25) is 5.91 Å². The molecule has 234 valence electrons. The predicted octanol–water partition coefficient (Wildman–Crippen LogP) is 6.79. The molecule has 7 atom stereocenters. The summed E-state index contributed by atoms with van der Waals surface area (Å²) < 4.78 is 5.36.